The lowest BCUT2D eigenvalue weighted by Crippen LogP contribution is -2.44. The Kier molecular flexibility index (Phi) is 5.39. The van der Waals surface area contributed by atoms with Gasteiger partial charge in [0.1, 0.15) is 12.7 Å². The Hall–Kier alpha value is -3.07. The Morgan fingerprint density at radius 2 is 2.17 bits per heavy atom. The van der Waals surface area contributed by atoms with Gasteiger partial charge in [0.15, 0.2) is 11.5 Å². The molecular weight excluding hydrogens is 376 g/mol. The smallest absolute Gasteiger partial charge is 0.314 e. The summed E-state index contributed by atoms with van der Waals surface area (Å²) in [7, 11) is 1.48. The summed E-state index contributed by atoms with van der Waals surface area (Å²) in [6.07, 6.45) is 1.68. The van der Waals surface area contributed by atoms with Gasteiger partial charge in [0.05, 0.1) is 12.0 Å². The van der Waals surface area contributed by atoms with Crippen LogP contribution in [0.25, 0.3) is 0 Å². The topological polar surface area (TPSA) is 113 Å². The monoisotopic (exact) mass is 400 g/mol. The van der Waals surface area contributed by atoms with Crippen molar-refractivity contribution >= 4 is 11.5 Å². The van der Waals surface area contributed by atoms with Gasteiger partial charge in [-0.2, -0.15) is 4.98 Å². The number of methoxy groups -OCH3 is 1. The second kappa shape index (κ2) is 8.12. The lowest BCUT2D eigenvalue weighted by molar-refractivity contribution is -0.385. The Labute approximate surface area is 168 Å². The molecule has 9 nitrogen and oxygen atoms in total. The van der Waals surface area contributed by atoms with E-state index in [1.54, 1.807) is 6.07 Å². The zero-order valence-corrected chi connectivity index (χ0v) is 16.2. The molecule has 2 aliphatic rings. The molecule has 0 bridgehead atoms. The summed E-state index contributed by atoms with van der Waals surface area (Å²) in [5, 5.41) is 11.6. The number of aromatic nitrogens is 1. The third-order valence-corrected chi connectivity index (χ3v) is 5.39. The fourth-order valence-corrected chi connectivity index (χ4v) is 4.08. The molecule has 0 unspecified atom stereocenters. The minimum atomic E-state index is -0.453. The van der Waals surface area contributed by atoms with Crippen LogP contribution in [0.2, 0.25) is 0 Å². The Morgan fingerprint density at radius 3 is 2.93 bits per heavy atom. The van der Waals surface area contributed by atoms with Crippen LogP contribution in [0.3, 0.4) is 0 Å². The lowest BCUT2D eigenvalue weighted by atomic mass is 9.89. The van der Waals surface area contributed by atoms with Crippen LogP contribution >= 0.6 is 0 Å². The van der Waals surface area contributed by atoms with E-state index in [9.17, 15) is 10.1 Å². The van der Waals surface area contributed by atoms with Crippen LogP contribution in [-0.4, -0.2) is 54.3 Å². The number of ether oxygens (including phenoxy) is 3. The molecule has 29 heavy (non-hydrogen) atoms. The third kappa shape index (κ3) is 4.04. The molecule has 1 saturated heterocycles. The van der Waals surface area contributed by atoms with E-state index in [1.807, 2.05) is 24.3 Å². The zero-order chi connectivity index (χ0) is 20.4. The molecule has 0 saturated carbocycles. The minimum Gasteiger partial charge on any atom is -0.486 e. The number of piperidine rings is 1. The molecule has 154 valence electrons. The van der Waals surface area contributed by atoms with E-state index in [2.05, 4.69) is 9.88 Å². The Morgan fingerprint density at radius 1 is 1.38 bits per heavy atom. The van der Waals surface area contributed by atoms with Crippen LogP contribution in [0.5, 0.6) is 17.4 Å². The molecule has 0 amide bonds. The summed E-state index contributed by atoms with van der Waals surface area (Å²) in [5.74, 6) is 1.66. The van der Waals surface area contributed by atoms with Gasteiger partial charge in [-0.05, 0) is 31.5 Å². The molecule has 2 atom stereocenters. The second-order valence-corrected chi connectivity index (χ2v) is 7.34. The molecule has 1 fully saturated rings. The Balaban J connectivity index is 1.49. The molecule has 4 rings (SSSR count). The molecule has 2 N–H and O–H groups in total. The maximum atomic E-state index is 11.6. The summed E-state index contributed by atoms with van der Waals surface area (Å²) >= 11 is 0. The van der Waals surface area contributed by atoms with Crippen molar-refractivity contribution in [3.8, 4) is 17.4 Å². The van der Waals surface area contributed by atoms with Crippen LogP contribution in [-0.2, 0) is 0 Å². The standard InChI is InChI=1S/C20H24N4O5/c1-27-18-9-15(19(24(25)26)20(21)22-18)13-5-4-8-23(10-13)11-14-12-28-16-6-2-3-7-17(16)29-14/h2-3,6-7,9,13-14H,4-5,8,10-12H2,1H3,(H2,21,22)/t13-,14+/m1/s1. The van der Waals surface area contributed by atoms with E-state index < -0.39 is 4.92 Å². The minimum absolute atomic E-state index is 0.0276. The number of nitro groups is 1. The van der Waals surface area contributed by atoms with Crippen LogP contribution < -0.4 is 19.9 Å². The highest BCUT2D eigenvalue weighted by Crippen LogP contribution is 2.38. The number of nitrogens with zero attached hydrogens (tertiary/aromatic N) is 3. The number of nitrogens with two attached hydrogens (primary N) is 1. The van der Waals surface area contributed by atoms with Crippen molar-refractivity contribution in [2.45, 2.75) is 24.9 Å². The highest BCUT2D eigenvalue weighted by Gasteiger charge is 2.32. The molecule has 2 aliphatic heterocycles. The van der Waals surface area contributed by atoms with Crippen LogP contribution in [0.15, 0.2) is 30.3 Å². The number of rotatable bonds is 5. The van der Waals surface area contributed by atoms with Crippen LogP contribution in [0, 0.1) is 10.1 Å². The number of fused-ring (bicyclic) bond motifs is 1. The number of pyridine rings is 1. The van der Waals surface area contributed by atoms with Crippen molar-refractivity contribution in [2.75, 3.05) is 39.1 Å². The molecule has 0 radical (unpaired) electrons. The van der Waals surface area contributed by atoms with Crippen molar-refractivity contribution in [1.82, 2.24) is 9.88 Å². The highest BCUT2D eigenvalue weighted by molar-refractivity contribution is 5.60. The van der Waals surface area contributed by atoms with Gasteiger partial charge >= 0.3 is 5.69 Å². The first kappa shape index (κ1) is 19.3. The fraction of sp³-hybridized carbons (Fsp3) is 0.450. The number of benzene rings is 1. The van der Waals surface area contributed by atoms with E-state index in [1.165, 1.54) is 7.11 Å². The SMILES string of the molecule is COc1cc([C@@H]2CCCN(C[C@H]3COc4ccccc4O3)C2)c([N+](=O)[O-])c(N)n1. The molecular formula is C20H24N4O5. The summed E-state index contributed by atoms with van der Waals surface area (Å²) in [6, 6.07) is 9.26. The van der Waals surface area contributed by atoms with Crippen molar-refractivity contribution in [2.24, 2.45) is 0 Å². The molecule has 1 aromatic carbocycles. The quantitative estimate of drug-likeness (QED) is 0.602. The molecule has 0 spiro atoms. The highest BCUT2D eigenvalue weighted by atomic mass is 16.6. The van der Waals surface area contributed by atoms with Crippen molar-refractivity contribution in [3.05, 3.63) is 46.0 Å². The maximum absolute atomic E-state index is 11.6. The molecule has 0 aliphatic carbocycles. The van der Waals surface area contributed by atoms with Gasteiger partial charge in [0.2, 0.25) is 11.7 Å². The van der Waals surface area contributed by atoms with Crippen LogP contribution in [0.1, 0.15) is 24.3 Å². The number of nitrogen functional groups attached to an aromatic ring is 1. The summed E-state index contributed by atoms with van der Waals surface area (Å²) in [6.45, 7) is 2.75. The Bertz CT molecular complexity index is 906. The van der Waals surface area contributed by atoms with Gasteiger partial charge in [-0.3, -0.25) is 15.0 Å². The van der Waals surface area contributed by atoms with Gasteiger partial charge in [0.25, 0.3) is 0 Å². The van der Waals surface area contributed by atoms with Crippen LogP contribution in [0.4, 0.5) is 11.5 Å². The van der Waals surface area contributed by atoms with E-state index in [0.29, 0.717) is 31.1 Å². The maximum Gasteiger partial charge on any atom is 0.314 e. The largest absolute Gasteiger partial charge is 0.486 e. The first-order valence-corrected chi connectivity index (χ1v) is 9.64. The van der Waals surface area contributed by atoms with Crippen molar-refractivity contribution in [3.63, 3.8) is 0 Å². The van der Waals surface area contributed by atoms with E-state index >= 15 is 0 Å². The van der Waals surface area contributed by atoms with E-state index in [0.717, 1.165) is 30.9 Å². The third-order valence-electron chi connectivity index (χ3n) is 5.39. The molecule has 9 heteroatoms. The predicted octanol–water partition coefficient (Wildman–Crippen LogP) is 2.60. The van der Waals surface area contributed by atoms with Gasteiger partial charge < -0.3 is 19.9 Å². The number of hydrogen-bond acceptors (Lipinski definition) is 8. The summed E-state index contributed by atoms with van der Waals surface area (Å²) < 4.78 is 17.1. The van der Waals surface area contributed by atoms with Gasteiger partial charge in [-0.15, -0.1) is 0 Å². The average Bonchev–Trinajstić information content (AvgIpc) is 2.73. The van der Waals surface area contributed by atoms with Crippen molar-refractivity contribution in [1.29, 1.82) is 0 Å². The summed E-state index contributed by atoms with van der Waals surface area (Å²) in [5.41, 5.74) is 6.31. The second-order valence-electron chi connectivity index (χ2n) is 7.34. The molecule has 1 aromatic heterocycles. The number of anilines is 1. The predicted molar refractivity (Wildman–Crippen MR) is 107 cm³/mol. The fourth-order valence-electron chi connectivity index (χ4n) is 4.08. The molecule has 2 aromatic rings. The first-order chi connectivity index (χ1) is 14.0. The van der Waals surface area contributed by atoms with Gasteiger partial charge in [-0.25, -0.2) is 0 Å². The summed E-state index contributed by atoms with van der Waals surface area (Å²) in [4.78, 5) is 17.4. The van der Waals surface area contributed by atoms with Gasteiger partial charge in [0, 0.05) is 30.6 Å². The number of para-hydroxylation sites is 2. The normalized spacial score (nSPS) is 21.6. The molecule has 3 heterocycles. The first-order valence-electron chi connectivity index (χ1n) is 9.64. The number of likely N-dealkylation sites (tertiary alicyclic amines) is 1. The van der Waals surface area contributed by atoms with E-state index in [-0.39, 0.29) is 23.5 Å². The zero-order valence-electron chi connectivity index (χ0n) is 16.2. The lowest BCUT2D eigenvalue weighted by Gasteiger charge is -2.36. The van der Waals surface area contributed by atoms with Gasteiger partial charge in [-0.1, -0.05) is 12.1 Å². The van der Waals surface area contributed by atoms with Crippen molar-refractivity contribution < 1.29 is 19.1 Å². The average molecular weight is 400 g/mol. The number of hydrogen-bond donors (Lipinski definition) is 1. The van der Waals surface area contributed by atoms with E-state index in [4.69, 9.17) is 19.9 Å².